The van der Waals surface area contributed by atoms with Gasteiger partial charge in [-0.2, -0.15) is 0 Å². The number of nitrogens with one attached hydrogen (secondary N) is 2. The highest BCUT2D eigenvalue weighted by Gasteiger charge is 2.41. The molecule has 4 rings (SSSR count). The van der Waals surface area contributed by atoms with Crippen LogP contribution in [-0.2, 0) is 19.1 Å². The molecule has 2 aliphatic heterocycles. The number of likely N-dealkylation sites (N-methyl/N-ethyl adjacent to an activating group) is 1. The third-order valence-electron chi connectivity index (χ3n) is 5.92. The molecule has 2 aromatic rings. The molecule has 1 atom stereocenters. The fourth-order valence-electron chi connectivity index (χ4n) is 4.28. The maximum atomic E-state index is 12.8. The number of methoxy groups -OCH3 is 1. The maximum Gasteiger partial charge on any atom is 0.352 e. The van der Waals surface area contributed by atoms with E-state index in [9.17, 15) is 9.59 Å². The number of anilines is 1. The highest BCUT2D eigenvalue weighted by atomic mass is 16.7. The molecular formula is C24H30N4O6. The highest BCUT2D eigenvalue weighted by Crippen LogP contribution is 2.33. The number of oxazole rings is 1. The lowest BCUT2D eigenvalue weighted by Crippen LogP contribution is -2.45. The molecule has 0 spiro atoms. The van der Waals surface area contributed by atoms with Gasteiger partial charge in [-0.25, -0.2) is 14.6 Å². The van der Waals surface area contributed by atoms with Crippen molar-refractivity contribution in [3.8, 4) is 17.1 Å². The minimum absolute atomic E-state index is 0.210. The molecule has 34 heavy (non-hydrogen) atoms. The van der Waals surface area contributed by atoms with E-state index in [0.717, 1.165) is 31.5 Å². The molecule has 1 aromatic heterocycles. The summed E-state index contributed by atoms with van der Waals surface area (Å²) in [7, 11) is 1.55. The molecule has 2 saturated heterocycles. The number of nitrogens with zero attached hydrogens (tertiary/aromatic N) is 2. The molecule has 0 aliphatic carbocycles. The van der Waals surface area contributed by atoms with Gasteiger partial charge in [-0.05, 0) is 38.1 Å². The molecule has 0 saturated carbocycles. The molecule has 0 bridgehead atoms. The van der Waals surface area contributed by atoms with Gasteiger partial charge in [0.25, 0.3) is 5.79 Å². The third kappa shape index (κ3) is 5.01. The van der Waals surface area contributed by atoms with Crippen LogP contribution in [0, 0.1) is 0 Å². The first-order valence-corrected chi connectivity index (χ1v) is 11.3. The lowest BCUT2D eigenvalue weighted by molar-refractivity contribution is -0.222. The molecule has 182 valence electrons. The standard InChI is InChI=1S/C24H30N4O6/c1-5-28-10-6-7-16(28)12-26-21(20-22(29)33-24(2,3)34-23(20)30)27-15-8-9-17(18(11-15)31-4)19-13-25-14-32-19/h8-9,11,13-14,16,26-27H,5-7,10,12H2,1-4H3. The highest BCUT2D eigenvalue weighted by molar-refractivity contribution is 6.16. The Balaban J connectivity index is 1.64. The van der Waals surface area contributed by atoms with Gasteiger partial charge in [0.1, 0.15) is 11.6 Å². The minimum Gasteiger partial charge on any atom is -0.496 e. The minimum atomic E-state index is -1.32. The van der Waals surface area contributed by atoms with Gasteiger partial charge in [-0.15, -0.1) is 0 Å². The van der Waals surface area contributed by atoms with Crippen LogP contribution in [0.15, 0.2) is 46.6 Å². The van der Waals surface area contributed by atoms with E-state index in [2.05, 4.69) is 27.4 Å². The van der Waals surface area contributed by atoms with Crippen LogP contribution >= 0.6 is 0 Å². The Kier molecular flexibility index (Phi) is 6.78. The lowest BCUT2D eigenvalue weighted by Gasteiger charge is -2.31. The topological polar surface area (TPSA) is 115 Å². The van der Waals surface area contributed by atoms with Crippen LogP contribution in [0.4, 0.5) is 5.69 Å². The van der Waals surface area contributed by atoms with Gasteiger partial charge < -0.3 is 29.3 Å². The second kappa shape index (κ2) is 9.76. The Morgan fingerprint density at radius 1 is 1.26 bits per heavy atom. The van der Waals surface area contributed by atoms with Crippen LogP contribution in [0.2, 0.25) is 0 Å². The second-order valence-electron chi connectivity index (χ2n) is 8.64. The van der Waals surface area contributed by atoms with Gasteiger partial charge in [-0.3, -0.25) is 4.90 Å². The molecular weight excluding hydrogens is 440 g/mol. The fourth-order valence-corrected chi connectivity index (χ4v) is 4.28. The van der Waals surface area contributed by atoms with Crippen molar-refractivity contribution in [2.45, 2.75) is 45.4 Å². The van der Waals surface area contributed by atoms with Crippen molar-refractivity contribution < 1.29 is 28.2 Å². The van der Waals surface area contributed by atoms with Crippen molar-refractivity contribution in [2.75, 3.05) is 32.1 Å². The zero-order chi connectivity index (χ0) is 24.3. The number of cyclic esters (lactones) is 2. The van der Waals surface area contributed by atoms with Gasteiger partial charge >= 0.3 is 11.9 Å². The van der Waals surface area contributed by atoms with Crippen LogP contribution in [-0.4, -0.2) is 60.4 Å². The summed E-state index contributed by atoms with van der Waals surface area (Å²) >= 11 is 0. The molecule has 2 aliphatic rings. The van der Waals surface area contributed by atoms with Crippen LogP contribution in [0.3, 0.4) is 0 Å². The monoisotopic (exact) mass is 470 g/mol. The van der Waals surface area contributed by atoms with Crippen molar-refractivity contribution in [1.29, 1.82) is 0 Å². The second-order valence-corrected chi connectivity index (χ2v) is 8.64. The third-order valence-corrected chi connectivity index (χ3v) is 5.92. The summed E-state index contributed by atoms with van der Waals surface area (Å²) in [6.07, 6.45) is 5.08. The zero-order valence-electron chi connectivity index (χ0n) is 19.8. The summed E-state index contributed by atoms with van der Waals surface area (Å²) in [5, 5.41) is 6.43. The molecule has 3 heterocycles. The number of hydrogen-bond acceptors (Lipinski definition) is 10. The largest absolute Gasteiger partial charge is 0.496 e. The normalized spacial score (nSPS) is 20.0. The van der Waals surface area contributed by atoms with E-state index >= 15 is 0 Å². The molecule has 2 fully saturated rings. The summed E-state index contributed by atoms with van der Waals surface area (Å²) in [4.78, 5) is 31.9. The van der Waals surface area contributed by atoms with Gasteiger partial charge in [-0.1, -0.05) is 6.92 Å². The molecule has 2 N–H and O–H groups in total. The number of benzene rings is 1. The van der Waals surface area contributed by atoms with Crippen LogP contribution in [0.25, 0.3) is 11.3 Å². The Labute approximate surface area is 198 Å². The van der Waals surface area contributed by atoms with Gasteiger partial charge in [0, 0.05) is 38.2 Å². The number of carbonyl (C=O) groups is 2. The van der Waals surface area contributed by atoms with E-state index in [-0.39, 0.29) is 17.4 Å². The first-order chi connectivity index (χ1) is 16.3. The Morgan fingerprint density at radius 3 is 2.68 bits per heavy atom. The zero-order valence-corrected chi connectivity index (χ0v) is 19.8. The average Bonchev–Trinajstić information content (AvgIpc) is 3.47. The Bertz CT molecular complexity index is 1060. The maximum absolute atomic E-state index is 12.8. The van der Waals surface area contributed by atoms with Crippen molar-refractivity contribution in [1.82, 2.24) is 15.2 Å². The molecule has 10 heteroatoms. The van der Waals surface area contributed by atoms with E-state index in [4.69, 9.17) is 18.6 Å². The van der Waals surface area contributed by atoms with E-state index in [1.807, 2.05) is 0 Å². The van der Waals surface area contributed by atoms with Crippen molar-refractivity contribution in [2.24, 2.45) is 0 Å². The summed E-state index contributed by atoms with van der Waals surface area (Å²) < 4.78 is 21.6. The van der Waals surface area contributed by atoms with Crippen molar-refractivity contribution in [3.63, 3.8) is 0 Å². The van der Waals surface area contributed by atoms with E-state index in [1.54, 1.807) is 31.5 Å². The Hall–Kier alpha value is -3.53. The van der Waals surface area contributed by atoms with Crippen LogP contribution < -0.4 is 15.4 Å². The first-order valence-electron chi connectivity index (χ1n) is 11.3. The number of rotatable bonds is 8. The molecule has 10 nitrogen and oxygen atoms in total. The number of hydrogen-bond donors (Lipinski definition) is 2. The van der Waals surface area contributed by atoms with Crippen LogP contribution in [0.5, 0.6) is 5.75 Å². The fraction of sp³-hybridized carbons (Fsp3) is 0.458. The lowest BCUT2D eigenvalue weighted by atomic mass is 10.1. The first kappa shape index (κ1) is 23.6. The number of ether oxygens (including phenoxy) is 3. The smallest absolute Gasteiger partial charge is 0.352 e. The van der Waals surface area contributed by atoms with E-state index in [1.165, 1.54) is 20.2 Å². The van der Waals surface area contributed by atoms with Gasteiger partial charge in [0.05, 0.1) is 18.9 Å². The number of esters is 2. The van der Waals surface area contributed by atoms with Gasteiger partial charge in [0.15, 0.2) is 17.7 Å². The van der Waals surface area contributed by atoms with E-state index in [0.29, 0.717) is 23.7 Å². The summed E-state index contributed by atoms with van der Waals surface area (Å²) in [6.45, 7) is 7.67. The quantitative estimate of drug-likeness (QED) is 0.339. The van der Waals surface area contributed by atoms with Crippen LogP contribution in [0.1, 0.15) is 33.6 Å². The summed E-state index contributed by atoms with van der Waals surface area (Å²) in [6, 6.07) is 5.63. The van der Waals surface area contributed by atoms with Crippen molar-refractivity contribution in [3.05, 3.63) is 42.2 Å². The molecule has 1 aromatic carbocycles. The Morgan fingerprint density at radius 2 is 2.03 bits per heavy atom. The van der Waals surface area contributed by atoms with E-state index < -0.39 is 17.7 Å². The molecule has 0 amide bonds. The molecule has 0 radical (unpaired) electrons. The number of aromatic nitrogens is 1. The predicted octanol–water partition coefficient (Wildman–Crippen LogP) is 2.88. The number of likely N-dealkylation sites (tertiary alicyclic amines) is 1. The molecule has 1 unspecified atom stereocenters. The van der Waals surface area contributed by atoms with Gasteiger partial charge in [0.2, 0.25) is 0 Å². The summed E-state index contributed by atoms with van der Waals surface area (Å²) in [5.41, 5.74) is 1.11. The SMILES string of the molecule is CCN1CCCC1CNC(Nc1ccc(-c2cnco2)c(OC)c1)=C1C(=O)OC(C)(C)OC1=O. The average molecular weight is 471 g/mol. The predicted molar refractivity (Wildman–Crippen MR) is 124 cm³/mol. The van der Waals surface area contributed by atoms with Crippen molar-refractivity contribution >= 4 is 17.6 Å². The summed E-state index contributed by atoms with van der Waals surface area (Å²) in [5.74, 6) is -1.50. The number of carbonyl (C=O) groups excluding carboxylic acids is 2.